The molecule has 0 atom stereocenters. The summed E-state index contributed by atoms with van der Waals surface area (Å²) in [5.41, 5.74) is 7.14. The first-order valence-corrected chi connectivity index (χ1v) is 4.79. The zero-order valence-electron chi connectivity index (χ0n) is 7.73. The minimum atomic E-state index is -0.333. The number of aromatic nitrogens is 2. The van der Waals surface area contributed by atoms with E-state index in [2.05, 4.69) is 9.97 Å². The predicted octanol–water partition coefficient (Wildman–Crippen LogP) is 1.56. The Morgan fingerprint density at radius 1 is 1.43 bits per heavy atom. The van der Waals surface area contributed by atoms with Crippen LogP contribution in [0.5, 0.6) is 0 Å². The molecule has 0 spiro atoms. The molecule has 3 rings (SSSR count). The van der Waals surface area contributed by atoms with Crippen molar-refractivity contribution in [3.63, 3.8) is 0 Å². The Labute approximate surface area is 81.1 Å². The molecule has 72 valence electrons. The number of hydrogen-bond acceptors (Lipinski definition) is 4. The van der Waals surface area contributed by atoms with Crippen molar-refractivity contribution >= 4 is 11.2 Å². The molecule has 2 N–H and O–H groups in total. The molecule has 2 heterocycles. The molecule has 4 heteroatoms. The van der Waals surface area contributed by atoms with Crippen molar-refractivity contribution in [3.05, 3.63) is 24.2 Å². The minimum Gasteiger partial charge on any atom is -0.437 e. The summed E-state index contributed by atoms with van der Waals surface area (Å²) in [5, 5.41) is 0. The van der Waals surface area contributed by atoms with E-state index in [4.69, 9.17) is 10.2 Å². The monoisotopic (exact) mass is 189 g/mol. The van der Waals surface area contributed by atoms with Gasteiger partial charge < -0.3 is 10.2 Å². The van der Waals surface area contributed by atoms with Crippen LogP contribution < -0.4 is 5.73 Å². The highest BCUT2D eigenvalue weighted by Crippen LogP contribution is 2.38. The Morgan fingerprint density at radius 2 is 2.29 bits per heavy atom. The zero-order chi connectivity index (χ0) is 9.60. The largest absolute Gasteiger partial charge is 0.437 e. The quantitative estimate of drug-likeness (QED) is 0.739. The fraction of sp³-hybridized carbons (Fsp3) is 0.400. The molecule has 4 nitrogen and oxygen atoms in total. The summed E-state index contributed by atoms with van der Waals surface area (Å²) in [6, 6.07) is 3.70. The second kappa shape index (κ2) is 2.54. The summed E-state index contributed by atoms with van der Waals surface area (Å²) in [6.07, 6.45) is 4.78. The number of hydrogen-bond donors (Lipinski definition) is 1. The maximum atomic E-state index is 6.10. The zero-order valence-corrected chi connectivity index (χ0v) is 7.73. The lowest BCUT2D eigenvalue weighted by molar-refractivity contribution is 0.203. The molecule has 1 aliphatic carbocycles. The van der Waals surface area contributed by atoms with Crippen LogP contribution in [0.3, 0.4) is 0 Å². The Hall–Kier alpha value is -1.42. The fourth-order valence-electron chi connectivity index (χ4n) is 1.75. The third kappa shape index (κ3) is 0.974. The average molecular weight is 189 g/mol. The summed E-state index contributed by atoms with van der Waals surface area (Å²) in [6.45, 7) is 0. The number of nitrogens with two attached hydrogens (primary N) is 1. The Kier molecular flexibility index (Phi) is 1.44. The highest BCUT2D eigenvalue weighted by atomic mass is 16.4. The molecule has 1 saturated carbocycles. The summed E-state index contributed by atoms with van der Waals surface area (Å²) in [7, 11) is 0. The van der Waals surface area contributed by atoms with Gasteiger partial charge in [0.25, 0.3) is 0 Å². The molecule has 0 saturated heterocycles. The van der Waals surface area contributed by atoms with E-state index in [-0.39, 0.29) is 5.54 Å². The first kappa shape index (κ1) is 7.94. The van der Waals surface area contributed by atoms with Gasteiger partial charge in [-0.05, 0) is 31.4 Å². The van der Waals surface area contributed by atoms with Crippen LogP contribution in [0, 0.1) is 0 Å². The van der Waals surface area contributed by atoms with Crippen LogP contribution in [-0.2, 0) is 5.54 Å². The summed E-state index contributed by atoms with van der Waals surface area (Å²) >= 11 is 0. The van der Waals surface area contributed by atoms with Gasteiger partial charge in [0.15, 0.2) is 11.2 Å². The first-order chi connectivity index (χ1) is 6.78. The van der Waals surface area contributed by atoms with Crippen LogP contribution in [0.15, 0.2) is 22.7 Å². The minimum absolute atomic E-state index is 0.333. The lowest BCUT2D eigenvalue weighted by Crippen LogP contribution is -2.43. The van der Waals surface area contributed by atoms with Gasteiger partial charge in [-0.1, -0.05) is 0 Å². The van der Waals surface area contributed by atoms with Crippen LogP contribution in [0.1, 0.15) is 25.2 Å². The van der Waals surface area contributed by atoms with Crippen molar-refractivity contribution in [3.8, 4) is 0 Å². The van der Waals surface area contributed by atoms with Crippen LogP contribution >= 0.6 is 0 Å². The standard InChI is InChI=1S/C10H11N3O/c11-10(4-2-5-10)9-13-8-7(14-9)3-1-6-12-8/h1,3,6H,2,4-5,11H2. The van der Waals surface area contributed by atoms with E-state index in [0.29, 0.717) is 11.5 Å². The van der Waals surface area contributed by atoms with Crippen molar-refractivity contribution in [2.24, 2.45) is 5.73 Å². The van der Waals surface area contributed by atoms with Gasteiger partial charge in [-0.3, -0.25) is 0 Å². The number of oxazole rings is 1. The number of rotatable bonds is 1. The number of fused-ring (bicyclic) bond motifs is 1. The van der Waals surface area contributed by atoms with Gasteiger partial charge in [-0.15, -0.1) is 0 Å². The van der Waals surface area contributed by atoms with Crippen molar-refractivity contribution in [2.75, 3.05) is 0 Å². The smallest absolute Gasteiger partial charge is 0.217 e. The van der Waals surface area contributed by atoms with Gasteiger partial charge >= 0.3 is 0 Å². The molecule has 2 aromatic rings. The number of pyridine rings is 1. The molecule has 2 aromatic heterocycles. The maximum absolute atomic E-state index is 6.10. The van der Waals surface area contributed by atoms with Gasteiger partial charge in [0, 0.05) is 6.20 Å². The van der Waals surface area contributed by atoms with E-state index in [1.165, 1.54) is 0 Å². The van der Waals surface area contributed by atoms with Gasteiger partial charge in [0.2, 0.25) is 5.89 Å². The number of nitrogens with zero attached hydrogens (tertiary/aromatic N) is 2. The first-order valence-electron chi connectivity index (χ1n) is 4.79. The van der Waals surface area contributed by atoms with Crippen molar-refractivity contribution in [1.82, 2.24) is 9.97 Å². The molecule has 1 aliphatic rings. The normalized spacial score (nSPS) is 19.5. The van der Waals surface area contributed by atoms with Crippen LogP contribution in [0.2, 0.25) is 0 Å². The lowest BCUT2D eigenvalue weighted by atomic mass is 9.78. The second-order valence-corrected chi connectivity index (χ2v) is 3.85. The van der Waals surface area contributed by atoms with E-state index < -0.39 is 0 Å². The van der Waals surface area contributed by atoms with Gasteiger partial charge in [0.1, 0.15) is 0 Å². The third-order valence-electron chi connectivity index (χ3n) is 2.84. The van der Waals surface area contributed by atoms with Gasteiger partial charge in [0.05, 0.1) is 5.54 Å². The average Bonchev–Trinajstić information content (AvgIpc) is 2.57. The van der Waals surface area contributed by atoms with Crippen molar-refractivity contribution in [2.45, 2.75) is 24.8 Å². The topological polar surface area (TPSA) is 64.9 Å². The predicted molar refractivity (Wildman–Crippen MR) is 51.5 cm³/mol. The molecule has 0 unspecified atom stereocenters. The Morgan fingerprint density at radius 3 is 2.93 bits per heavy atom. The molecular formula is C10H11N3O. The van der Waals surface area contributed by atoms with Crippen LogP contribution in [-0.4, -0.2) is 9.97 Å². The molecule has 0 aromatic carbocycles. The highest BCUT2D eigenvalue weighted by molar-refractivity contribution is 5.67. The SMILES string of the molecule is NC1(c2nc3ncccc3o2)CCC1. The molecule has 0 aliphatic heterocycles. The van der Waals surface area contributed by atoms with Gasteiger partial charge in [-0.25, -0.2) is 4.98 Å². The van der Waals surface area contributed by atoms with E-state index in [1.54, 1.807) is 6.20 Å². The van der Waals surface area contributed by atoms with Crippen molar-refractivity contribution in [1.29, 1.82) is 0 Å². The summed E-state index contributed by atoms with van der Waals surface area (Å²) in [4.78, 5) is 8.42. The van der Waals surface area contributed by atoms with E-state index >= 15 is 0 Å². The lowest BCUT2D eigenvalue weighted by Gasteiger charge is -2.34. The molecular weight excluding hydrogens is 178 g/mol. The maximum Gasteiger partial charge on any atom is 0.217 e. The van der Waals surface area contributed by atoms with E-state index in [9.17, 15) is 0 Å². The molecule has 1 fully saturated rings. The van der Waals surface area contributed by atoms with E-state index in [1.807, 2.05) is 12.1 Å². The Bertz CT molecular complexity index is 440. The molecule has 14 heavy (non-hydrogen) atoms. The summed E-state index contributed by atoms with van der Waals surface area (Å²) in [5.74, 6) is 0.637. The third-order valence-corrected chi connectivity index (χ3v) is 2.84. The highest BCUT2D eigenvalue weighted by Gasteiger charge is 2.39. The summed E-state index contributed by atoms with van der Waals surface area (Å²) < 4.78 is 5.58. The fourth-order valence-corrected chi connectivity index (χ4v) is 1.75. The van der Waals surface area contributed by atoms with Crippen molar-refractivity contribution < 1.29 is 4.42 Å². The Balaban J connectivity index is 2.14. The second-order valence-electron chi connectivity index (χ2n) is 3.85. The van der Waals surface area contributed by atoms with Crippen LogP contribution in [0.4, 0.5) is 0 Å². The molecule has 0 bridgehead atoms. The molecule has 0 radical (unpaired) electrons. The molecule has 0 amide bonds. The van der Waals surface area contributed by atoms with Crippen LogP contribution in [0.25, 0.3) is 11.2 Å². The van der Waals surface area contributed by atoms with Gasteiger partial charge in [-0.2, -0.15) is 4.98 Å². The van der Waals surface area contributed by atoms with E-state index in [0.717, 1.165) is 24.8 Å².